The van der Waals surface area contributed by atoms with Gasteiger partial charge in [-0.05, 0) is 62.2 Å². The summed E-state index contributed by atoms with van der Waals surface area (Å²) in [4.78, 5) is 24.3. The zero-order valence-corrected chi connectivity index (χ0v) is 18.0. The fourth-order valence-corrected chi connectivity index (χ4v) is 3.82. The van der Waals surface area contributed by atoms with Crippen molar-refractivity contribution in [2.45, 2.75) is 38.1 Å². The molecule has 0 heterocycles. The van der Waals surface area contributed by atoms with Gasteiger partial charge in [0.15, 0.2) is 0 Å². The number of amides is 2. The van der Waals surface area contributed by atoms with E-state index in [2.05, 4.69) is 15.4 Å². The minimum Gasteiger partial charge on any atom is -0.350 e. The van der Waals surface area contributed by atoms with Crippen molar-refractivity contribution < 1.29 is 22.4 Å². The average Bonchev–Trinajstić information content (AvgIpc) is 2.72. The van der Waals surface area contributed by atoms with Gasteiger partial charge < -0.3 is 10.6 Å². The second-order valence-electron chi connectivity index (χ2n) is 6.93. The monoisotopic (exact) mass is 435 g/mol. The highest BCUT2D eigenvalue weighted by Gasteiger charge is 2.17. The number of carbonyl (C=O) groups excluding carboxylic acids is 2. The number of aryl methyl sites for hydroxylation is 1. The van der Waals surface area contributed by atoms with Crippen molar-refractivity contribution >= 4 is 21.8 Å². The summed E-state index contributed by atoms with van der Waals surface area (Å²) in [5, 5.41) is 5.23. The number of nitrogens with one attached hydrogen (secondary N) is 3. The highest BCUT2D eigenvalue weighted by molar-refractivity contribution is 7.89. The van der Waals surface area contributed by atoms with E-state index in [1.807, 2.05) is 6.92 Å². The Kier molecular flexibility index (Phi) is 8.08. The molecule has 2 aromatic rings. The number of carbonyl (C=O) groups is 2. The lowest BCUT2D eigenvalue weighted by Crippen LogP contribution is -2.34. The quantitative estimate of drug-likeness (QED) is 0.526. The Bertz CT molecular complexity index is 1010. The van der Waals surface area contributed by atoms with Crippen molar-refractivity contribution in [1.82, 2.24) is 15.4 Å². The van der Waals surface area contributed by atoms with E-state index in [9.17, 15) is 22.4 Å². The van der Waals surface area contributed by atoms with Gasteiger partial charge in [0.25, 0.3) is 11.8 Å². The van der Waals surface area contributed by atoms with E-state index in [0.29, 0.717) is 17.5 Å². The standard InChI is InChI=1S/C21H26FN3O4S/c1-4-15(3)25-30(28,29)18-9-7-16(8-10-18)20(26)23-11-12-24-21(27)17-6-5-14(2)19(22)13-17/h5-10,13,15,25H,4,11-12H2,1-3H3,(H,23,26)(H,24,27). The van der Waals surface area contributed by atoms with Crippen LogP contribution in [0.2, 0.25) is 0 Å². The van der Waals surface area contributed by atoms with Crippen LogP contribution in [-0.4, -0.2) is 39.4 Å². The van der Waals surface area contributed by atoms with Gasteiger partial charge >= 0.3 is 0 Å². The second-order valence-corrected chi connectivity index (χ2v) is 8.64. The fraction of sp³-hybridized carbons (Fsp3) is 0.333. The Morgan fingerprint density at radius 2 is 1.50 bits per heavy atom. The van der Waals surface area contributed by atoms with Crippen molar-refractivity contribution in [3.8, 4) is 0 Å². The smallest absolute Gasteiger partial charge is 0.251 e. The van der Waals surface area contributed by atoms with Crippen molar-refractivity contribution in [2.75, 3.05) is 13.1 Å². The summed E-state index contributed by atoms with van der Waals surface area (Å²) in [6.45, 7) is 5.58. The molecular formula is C21H26FN3O4S. The minimum absolute atomic E-state index is 0.0805. The molecule has 0 radical (unpaired) electrons. The number of halogens is 1. The first kappa shape index (κ1) is 23.5. The summed E-state index contributed by atoms with van der Waals surface area (Å²) in [5.41, 5.74) is 0.949. The Balaban J connectivity index is 1.85. The van der Waals surface area contributed by atoms with Crippen molar-refractivity contribution in [2.24, 2.45) is 0 Å². The molecule has 2 rings (SSSR count). The third-order valence-corrected chi connectivity index (χ3v) is 6.13. The average molecular weight is 436 g/mol. The van der Waals surface area contributed by atoms with Crippen LogP contribution in [0.25, 0.3) is 0 Å². The molecule has 9 heteroatoms. The first-order valence-corrected chi connectivity index (χ1v) is 11.1. The Labute approximate surface area is 176 Å². The summed E-state index contributed by atoms with van der Waals surface area (Å²) in [7, 11) is -3.63. The lowest BCUT2D eigenvalue weighted by molar-refractivity contribution is 0.0927. The summed E-state index contributed by atoms with van der Waals surface area (Å²) in [5.74, 6) is -1.29. The number of rotatable bonds is 9. The van der Waals surface area contributed by atoms with Crippen LogP contribution in [0.3, 0.4) is 0 Å². The van der Waals surface area contributed by atoms with Crippen LogP contribution in [0.4, 0.5) is 4.39 Å². The van der Waals surface area contributed by atoms with E-state index in [-0.39, 0.29) is 29.6 Å². The molecule has 2 amide bonds. The van der Waals surface area contributed by atoms with Crippen LogP contribution in [0.15, 0.2) is 47.4 Å². The largest absolute Gasteiger partial charge is 0.350 e. The maximum atomic E-state index is 13.5. The summed E-state index contributed by atoms with van der Waals surface area (Å²) in [6.07, 6.45) is 0.662. The first-order valence-electron chi connectivity index (χ1n) is 9.59. The zero-order valence-electron chi connectivity index (χ0n) is 17.2. The summed E-state index contributed by atoms with van der Waals surface area (Å²) in [6, 6.07) is 9.61. The van der Waals surface area contributed by atoms with Crippen LogP contribution in [0.1, 0.15) is 46.5 Å². The summed E-state index contributed by atoms with van der Waals surface area (Å²) >= 11 is 0. The minimum atomic E-state index is -3.63. The van der Waals surface area contributed by atoms with Crippen molar-refractivity contribution in [3.05, 3.63) is 65.0 Å². The molecule has 0 fully saturated rings. The van der Waals surface area contributed by atoms with Crippen LogP contribution in [0.5, 0.6) is 0 Å². The van der Waals surface area contributed by atoms with Gasteiger partial charge in [-0.25, -0.2) is 17.5 Å². The fourth-order valence-electron chi connectivity index (χ4n) is 2.49. The van der Waals surface area contributed by atoms with Crippen LogP contribution >= 0.6 is 0 Å². The molecule has 0 bridgehead atoms. The van der Waals surface area contributed by atoms with Gasteiger partial charge in [0, 0.05) is 30.3 Å². The van der Waals surface area contributed by atoms with Gasteiger partial charge in [0.1, 0.15) is 5.82 Å². The summed E-state index contributed by atoms with van der Waals surface area (Å²) < 4.78 is 40.6. The van der Waals surface area contributed by atoms with E-state index in [1.165, 1.54) is 36.4 Å². The van der Waals surface area contributed by atoms with Gasteiger partial charge in [0.2, 0.25) is 10.0 Å². The topological polar surface area (TPSA) is 104 Å². The number of sulfonamides is 1. The maximum absolute atomic E-state index is 13.5. The molecule has 0 aliphatic rings. The van der Waals surface area contributed by atoms with E-state index < -0.39 is 27.7 Å². The molecule has 0 aliphatic carbocycles. The molecule has 0 aliphatic heterocycles. The number of hydrogen-bond donors (Lipinski definition) is 3. The molecule has 30 heavy (non-hydrogen) atoms. The number of hydrogen-bond acceptors (Lipinski definition) is 4. The maximum Gasteiger partial charge on any atom is 0.251 e. The molecule has 1 unspecified atom stereocenters. The molecule has 3 N–H and O–H groups in total. The first-order chi connectivity index (χ1) is 14.1. The van der Waals surface area contributed by atoms with E-state index in [4.69, 9.17) is 0 Å². The van der Waals surface area contributed by atoms with Crippen LogP contribution in [0, 0.1) is 12.7 Å². The van der Waals surface area contributed by atoms with Gasteiger partial charge in [-0.2, -0.15) is 0 Å². The van der Waals surface area contributed by atoms with Crippen molar-refractivity contribution in [1.29, 1.82) is 0 Å². The molecule has 0 aromatic heterocycles. The Morgan fingerprint density at radius 3 is 2.03 bits per heavy atom. The van der Waals surface area contributed by atoms with Crippen molar-refractivity contribution in [3.63, 3.8) is 0 Å². The van der Waals surface area contributed by atoms with E-state index >= 15 is 0 Å². The third-order valence-electron chi connectivity index (χ3n) is 4.53. The SMILES string of the molecule is CCC(C)NS(=O)(=O)c1ccc(C(=O)NCCNC(=O)c2ccc(C)c(F)c2)cc1. The molecule has 0 spiro atoms. The predicted molar refractivity (Wildman–Crippen MR) is 112 cm³/mol. The van der Waals surface area contributed by atoms with E-state index in [1.54, 1.807) is 13.8 Å². The molecule has 0 saturated carbocycles. The third kappa shape index (κ3) is 6.36. The molecule has 7 nitrogen and oxygen atoms in total. The van der Waals surface area contributed by atoms with E-state index in [0.717, 1.165) is 6.07 Å². The van der Waals surface area contributed by atoms with Gasteiger partial charge in [-0.15, -0.1) is 0 Å². The molecule has 162 valence electrons. The molecule has 0 saturated heterocycles. The molecule has 1 atom stereocenters. The van der Waals surface area contributed by atoms with Gasteiger partial charge in [-0.1, -0.05) is 13.0 Å². The Morgan fingerprint density at radius 1 is 0.967 bits per heavy atom. The van der Waals surface area contributed by atoms with Crippen LogP contribution in [-0.2, 0) is 10.0 Å². The molecular weight excluding hydrogens is 409 g/mol. The predicted octanol–water partition coefficient (Wildman–Crippen LogP) is 2.37. The lowest BCUT2D eigenvalue weighted by atomic mass is 10.1. The Hall–Kier alpha value is -2.78. The zero-order chi connectivity index (χ0) is 22.3. The lowest BCUT2D eigenvalue weighted by Gasteiger charge is -2.12. The normalized spacial score (nSPS) is 12.3. The number of benzene rings is 2. The van der Waals surface area contributed by atoms with Gasteiger partial charge in [-0.3, -0.25) is 9.59 Å². The highest BCUT2D eigenvalue weighted by Crippen LogP contribution is 2.12. The van der Waals surface area contributed by atoms with Gasteiger partial charge in [0.05, 0.1) is 4.90 Å². The second kappa shape index (κ2) is 10.3. The molecule has 2 aromatic carbocycles. The van der Waals surface area contributed by atoms with Crippen LogP contribution < -0.4 is 15.4 Å². The highest BCUT2D eigenvalue weighted by atomic mass is 32.2.